The molecule has 0 bridgehead atoms. The first-order valence-electron chi connectivity index (χ1n) is 6.24. The molecule has 1 aromatic rings. The number of rotatable bonds is 4. The van der Waals surface area contributed by atoms with Crippen molar-refractivity contribution >= 4 is 0 Å². The van der Waals surface area contributed by atoms with E-state index in [1.165, 1.54) is 0 Å². The molecule has 0 aliphatic heterocycles. The van der Waals surface area contributed by atoms with Crippen molar-refractivity contribution in [3.05, 3.63) is 23.0 Å². The molecule has 0 amide bonds. The first-order valence-corrected chi connectivity index (χ1v) is 6.24. The predicted molar refractivity (Wildman–Crippen MR) is 59.4 cm³/mol. The van der Waals surface area contributed by atoms with E-state index in [-0.39, 0.29) is 6.20 Å². The highest BCUT2D eigenvalue weighted by Gasteiger charge is 2.63. The number of alkyl halides is 9. The standard InChI is InChI=1S/C12H8F9NO2/c13-4(14)2-24-3-1-22-10(11(17,18)12(19,20)21)6-5(3)7(15)8(16)9(6)23/h1,4,7-9,23H,2H2/t7-,8-,9+/m1/s1. The number of hydrogen-bond acceptors (Lipinski definition) is 3. The van der Waals surface area contributed by atoms with Crippen molar-refractivity contribution in [3.63, 3.8) is 0 Å². The molecule has 0 aromatic carbocycles. The molecule has 2 rings (SSSR count). The molecule has 0 saturated carbocycles. The van der Waals surface area contributed by atoms with Crippen molar-refractivity contribution in [3.8, 4) is 5.75 Å². The van der Waals surface area contributed by atoms with E-state index in [1.54, 1.807) is 0 Å². The summed E-state index contributed by atoms with van der Waals surface area (Å²) < 4.78 is 120. The minimum Gasteiger partial charge on any atom is -0.486 e. The number of aliphatic hydroxyl groups is 1. The van der Waals surface area contributed by atoms with Crippen LogP contribution in [0, 0.1) is 0 Å². The van der Waals surface area contributed by atoms with Crippen LogP contribution in [-0.2, 0) is 5.92 Å². The molecule has 12 heteroatoms. The molecular weight excluding hydrogens is 361 g/mol. The number of pyridine rings is 1. The Hall–Kier alpha value is -1.72. The quantitative estimate of drug-likeness (QED) is 0.822. The fourth-order valence-electron chi connectivity index (χ4n) is 2.24. The highest BCUT2D eigenvalue weighted by atomic mass is 19.4. The highest BCUT2D eigenvalue weighted by Crippen LogP contribution is 2.53. The van der Waals surface area contributed by atoms with Gasteiger partial charge in [-0.2, -0.15) is 22.0 Å². The average Bonchev–Trinajstić information content (AvgIpc) is 2.69. The lowest BCUT2D eigenvalue weighted by molar-refractivity contribution is -0.291. The van der Waals surface area contributed by atoms with Gasteiger partial charge in [-0.25, -0.2) is 17.6 Å². The zero-order valence-electron chi connectivity index (χ0n) is 11.3. The van der Waals surface area contributed by atoms with E-state index in [0.717, 1.165) is 0 Å². The van der Waals surface area contributed by atoms with Crippen LogP contribution in [0.3, 0.4) is 0 Å². The van der Waals surface area contributed by atoms with Gasteiger partial charge in [0.05, 0.1) is 6.20 Å². The van der Waals surface area contributed by atoms with Crippen molar-refractivity contribution in [2.75, 3.05) is 6.61 Å². The van der Waals surface area contributed by atoms with E-state index in [1.807, 2.05) is 0 Å². The highest BCUT2D eigenvalue weighted by molar-refractivity contribution is 5.50. The Morgan fingerprint density at radius 1 is 1.12 bits per heavy atom. The van der Waals surface area contributed by atoms with Gasteiger partial charge in [0.15, 0.2) is 12.3 Å². The van der Waals surface area contributed by atoms with E-state index < -0.39 is 66.1 Å². The summed E-state index contributed by atoms with van der Waals surface area (Å²) in [6.45, 7) is -1.36. The molecular formula is C12H8F9NO2. The Morgan fingerprint density at radius 2 is 1.71 bits per heavy atom. The third kappa shape index (κ3) is 2.87. The summed E-state index contributed by atoms with van der Waals surface area (Å²) in [5.41, 5.74) is -4.75. The van der Waals surface area contributed by atoms with E-state index >= 15 is 0 Å². The molecule has 0 unspecified atom stereocenters. The zero-order chi connectivity index (χ0) is 18.4. The van der Waals surface area contributed by atoms with Crippen molar-refractivity contribution in [1.82, 2.24) is 4.98 Å². The summed E-state index contributed by atoms with van der Waals surface area (Å²) in [5.74, 6) is -6.57. The number of aliphatic hydroxyl groups excluding tert-OH is 1. The van der Waals surface area contributed by atoms with Crippen LogP contribution >= 0.6 is 0 Å². The summed E-state index contributed by atoms with van der Waals surface area (Å²) in [7, 11) is 0. The lowest BCUT2D eigenvalue weighted by Crippen LogP contribution is -2.36. The van der Waals surface area contributed by atoms with E-state index in [9.17, 15) is 44.6 Å². The van der Waals surface area contributed by atoms with Crippen LogP contribution in [0.25, 0.3) is 0 Å². The topological polar surface area (TPSA) is 42.4 Å². The van der Waals surface area contributed by atoms with Crippen LogP contribution in [0.5, 0.6) is 5.75 Å². The van der Waals surface area contributed by atoms with Gasteiger partial charge in [0.2, 0.25) is 0 Å². The van der Waals surface area contributed by atoms with E-state index in [2.05, 4.69) is 9.72 Å². The number of ether oxygens (including phenoxy) is 1. The fraction of sp³-hybridized carbons (Fsp3) is 0.583. The Bertz CT molecular complexity index is 619. The second-order valence-electron chi connectivity index (χ2n) is 4.86. The minimum atomic E-state index is -6.15. The van der Waals surface area contributed by atoms with Crippen molar-refractivity contribution in [2.24, 2.45) is 0 Å². The fourth-order valence-corrected chi connectivity index (χ4v) is 2.24. The van der Waals surface area contributed by atoms with Gasteiger partial charge in [-0.3, -0.25) is 4.98 Å². The normalized spacial score (nSPS) is 24.4. The number of halogens is 9. The molecule has 1 aliphatic rings. The second-order valence-corrected chi connectivity index (χ2v) is 4.86. The molecule has 136 valence electrons. The molecule has 1 N–H and O–H groups in total. The summed E-state index contributed by atoms with van der Waals surface area (Å²) in [4.78, 5) is 2.75. The minimum absolute atomic E-state index is 0.160. The number of nitrogens with zero attached hydrogens (tertiary/aromatic N) is 1. The molecule has 1 aromatic heterocycles. The van der Waals surface area contributed by atoms with Crippen LogP contribution in [0.15, 0.2) is 6.20 Å². The van der Waals surface area contributed by atoms with Crippen molar-refractivity contribution in [2.45, 2.75) is 37.0 Å². The summed E-state index contributed by atoms with van der Waals surface area (Å²) in [6, 6.07) is 0. The second kappa shape index (κ2) is 5.97. The molecule has 0 spiro atoms. The van der Waals surface area contributed by atoms with E-state index in [4.69, 9.17) is 0 Å². The molecule has 0 radical (unpaired) electrons. The number of hydrogen-bond donors (Lipinski definition) is 1. The summed E-state index contributed by atoms with van der Waals surface area (Å²) in [6.07, 6.45) is -17.5. The van der Waals surface area contributed by atoms with Gasteiger partial charge < -0.3 is 9.84 Å². The molecule has 24 heavy (non-hydrogen) atoms. The smallest absolute Gasteiger partial charge is 0.459 e. The molecule has 0 fully saturated rings. The average molecular weight is 369 g/mol. The lowest BCUT2D eigenvalue weighted by Gasteiger charge is -2.23. The van der Waals surface area contributed by atoms with Gasteiger partial charge in [-0.15, -0.1) is 0 Å². The van der Waals surface area contributed by atoms with Crippen LogP contribution < -0.4 is 4.74 Å². The molecule has 3 atom stereocenters. The number of aromatic nitrogens is 1. The van der Waals surface area contributed by atoms with Gasteiger partial charge in [0.1, 0.15) is 24.2 Å². The Kier molecular flexibility index (Phi) is 4.63. The van der Waals surface area contributed by atoms with Crippen molar-refractivity contribution in [1.29, 1.82) is 0 Å². The summed E-state index contributed by atoms with van der Waals surface area (Å²) >= 11 is 0. The maximum Gasteiger partial charge on any atom is 0.459 e. The zero-order valence-corrected chi connectivity index (χ0v) is 11.3. The monoisotopic (exact) mass is 369 g/mol. The van der Waals surface area contributed by atoms with Gasteiger partial charge in [-0.1, -0.05) is 0 Å². The maximum absolute atomic E-state index is 13.9. The molecule has 3 nitrogen and oxygen atoms in total. The predicted octanol–water partition coefficient (Wildman–Crippen LogP) is 3.78. The maximum atomic E-state index is 13.9. The van der Waals surface area contributed by atoms with Crippen LogP contribution in [0.1, 0.15) is 29.1 Å². The van der Waals surface area contributed by atoms with E-state index in [0.29, 0.717) is 0 Å². The van der Waals surface area contributed by atoms with Gasteiger partial charge in [0, 0.05) is 11.1 Å². The molecule has 1 heterocycles. The number of fused-ring (bicyclic) bond motifs is 1. The summed E-state index contributed by atoms with van der Waals surface area (Å²) in [5, 5.41) is 9.47. The van der Waals surface area contributed by atoms with Crippen LogP contribution in [0.2, 0.25) is 0 Å². The third-order valence-corrected chi connectivity index (χ3v) is 3.29. The Balaban J connectivity index is 2.62. The van der Waals surface area contributed by atoms with Crippen LogP contribution in [-0.4, -0.2) is 35.5 Å². The van der Waals surface area contributed by atoms with Crippen LogP contribution in [0.4, 0.5) is 39.5 Å². The SMILES string of the molecule is O[C@H]1c2c(C(F)(F)C(F)(F)F)ncc(OCC(F)F)c2[C@@H](F)[C@H]1F. The largest absolute Gasteiger partial charge is 0.486 e. The first-order chi connectivity index (χ1) is 10.9. The van der Waals surface area contributed by atoms with Crippen molar-refractivity contribution < 1.29 is 49.4 Å². The third-order valence-electron chi connectivity index (χ3n) is 3.29. The lowest BCUT2D eigenvalue weighted by atomic mass is 10.0. The van der Waals surface area contributed by atoms with Gasteiger partial charge >= 0.3 is 12.1 Å². The Labute approximate surface area is 128 Å². The van der Waals surface area contributed by atoms with Gasteiger partial charge in [-0.05, 0) is 0 Å². The molecule has 0 saturated heterocycles. The first kappa shape index (κ1) is 18.6. The van der Waals surface area contributed by atoms with Gasteiger partial charge in [0.25, 0.3) is 6.43 Å². The Morgan fingerprint density at radius 3 is 2.21 bits per heavy atom. The molecule has 1 aliphatic carbocycles.